The zero-order valence-corrected chi connectivity index (χ0v) is 11.3. The van der Waals surface area contributed by atoms with Crippen molar-refractivity contribution in [2.45, 2.75) is 25.8 Å². The Morgan fingerprint density at radius 3 is 2.72 bits per heavy atom. The van der Waals surface area contributed by atoms with Crippen molar-refractivity contribution in [1.29, 1.82) is 0 Å². The number of amides is 1. The topological polar surface area (TPSA) is 90.2 Å². The van der Waals surface area contributed by atoms with Crippen molar-refractivity contribution in [3.05, 3.63) is 11.3 Å². The van der Waals surface area contributed by atoms with Gasteiger partial charge in [-0.15, -0.1) is 0 Å². The molecule has 6 nitrogen and oxygen atoms in total. The van der Waals surface area contributed by atoms with E-state index in [0.717, 1.165) is 36.5 Å². The van der Waals surface area contributed by atoms with Crippen LogP contribution in [0.25, 0.3) is 0 Å². The Balaban J connectivity index is 2.50. The summed E-state index contributed by atoms with van der Waals surface area (Å²) in [4.78, 5) is 13.7. The van der Waals surface area contributed by atoms with Gasteiger partial charge < -0.3 is 16.4 Å². The lowest BCUT2D eigenvalue weighted by Crippen LogP contribution is -2.42. The smallest absolute Gasteiger partial charge is 0.240 e. The van der Waals surface area contributed by atoms with Crippen LogP contribution in [0.4, 0.5) is 5.82 Å². The minimum Gasteiger partial charge on any atom is -0.389 e. The zero-order valence-electron chi connectivity index (χ0n) is 10.5. The van der Waals surface area contributed by atoms with Crippen molar-refractivity contribution in [2.24, 2.45) is 18.5 Å². The molecule has 1 aliphatic rings. The normalized spacial score (nSPS) is 19.2. The summed E-state index contributed by atoms with van der Waals surface area (Å²) in [5, 5.41) is 4.33. The number of primary amides is 1. The highest BCUT2D eigenvalue weighted by molar-refractivity contribution is 7.80. The molecule has 1 amide bonds. The van der Waals surface area contributed by atoms with E-state index in [0.29, 0.717) is 4.99 Å². The van der Waals surface area contributed by atoms with Crippen LogP contribution in [0.5, 0.6) is 0 Å². The molecule has 1 unspecified atom stereocenters. The molecule has 1 aromatic heterocycles. The number of hydrogen-bond donors (Lipinski definition) is 2. The van der Waals surface area contributed by atoms with Crippen LogP contribution in [0.2, 0.25) is 0 Å². The number of nitrogens with two attached hydrogens (primary N) is 2. The summed E-state index contributed by atoms with van der Waals surface area (Å²) in [5.74, 6) is 0.474. The lowest BCUT2D eigenvalue weighted by molar-refractivity contribution is -0.119. The van der Waals surface area contributed by atoms with Crippen molar-refractivity contribution in [1.82, 2.24) is 9.78 Å². The molecular formula is C11H17N5OS. The number of carbonyl (C=O) groups is 1. The summed E-state index contributed by atoms with van der Waals surface area (Å²) in [6.07, 6.45) is 1.69. The van der Waals surface area contributed by atoms with Crippen LogP contribution >= 0.6 is 12.2 Å². The summed E-state index contributed by atoms with van der Waals surface area (Å²) < 4.78 is 1.71. The van der Waals surface area contributed by atoms with E-state index in [2.05, 4.69) is 5.10 Å². The molecule has 0 aliphatic carbocycles. The maximum Gasteiger partial charge on any atom is 0.240 e. The first kappa shape index (κ1) is 12.8. The second-order valence-electron chi connectivity index (χ2n) is 4.53. The molecule has 0 saturated carbocycles. The Morgan fingerprint density at radius 2 is 2.17 bits per heavy atom. The number of rotatable bonds is 3. The van der Waals surface area contributed by atoms with Crippen LogP contribution in [-0.2, 0) is 11.8 Å². The van der Waals surface area contributed by atoms with Crippen LogP contribution in [0.3, 0.4) is 0 Å². The van der Waals surface area contributed by atoms with Gasteiger partial charge in [0.1, 0.15) is 16.8 Å². The number of hydrogen-bond acceptors (Lipinski definition) is 4. The van der Waals surface area contributed by atoms with Gasteiger partial charge in [-0.3, -0.25) is 9.48 Å². The van der Waals surface area contributed by atoms with Crippen LogP contribution in [0.15, 0.2) is 0 Å². The van der Waals surface area contributed by atoms with Gasteiger partial charge in [-0.25, -0.2) is 0 Å². The van der Waals surface area contributed by atoms with Gasteiger partial charge in [-0.2, -0.15) is 5.10 Å². The van der Waals surface area contributed by atoms with Crippen molar-refractivity contribution in [3.8, 4) is 0 Å². The van der Waals surface area contributed by atoms with E-state index in [1.54, 1.807) is 4.68 Å². The molecule has 1 aromatic rings. The van der Waals surface area contributed by atoms with Crippen LogP contribution < -0.4 is 16.4 Å². The molecule has 2 rings (SSSR count). The predicted octanol–water partition coefficient (Wildman–Crippen LogP) is -0.183. The molecule has 4 N–H and O–H groups in total. The van der Waals surface area contributed by atoms with E-state index < -0.39 is 0 Å². The maximum absolute atomic E-state index is 11.5. The molecule has 0 bridgehead atoms. The Labute approximate surface area is 111 Å². The van der Waals surface area contributed by atoms with Crippen LogP contribution in [0.1, 0.15) is 24.1 Å². The van der Waals surface area contributed by atoms with E-state index in [1.807, 2.05) is 18.9 Å². The van der Waals surface area contributed by atoms with E-state index in [-0.39, 0.29) is 11.9 Å². The number of aromatic nitrogens is 2. The SMILES string of the molecule is Cc1nn(C)c(N2CCCC2C(N)=O)c1C(N)=S. The number of thiocarbonyl (C=S) groups is 1. The van der Waals surface area contributed by atoms with Crippen LogP contribution in [0, 0.1) is 6.92 Å². The van der Waals surface area contributed by atoms with Crippen molar-refractivity contribution in [2.75, 3.05) is 11.4 Å². The van der Waals surface area contributed by atoms with Crippen molar-refractivity contribution >= 4 is 28.9 Å². The van der Waals surface area contributed by atoms with E-state index in [4.69, 9.17) is 23.7 Å². The molecule has 7 heteroatoms. The van der Waals surface area contributed by atoms with Crippen molar-refractivity contribution in [3.63, 3.8) is 0 Å². The van der Waals surface area contributed by atoms with Gasteiger partial charge in [0.2, 0.25) is 5.91 Å². The van der Waals surface area contributed by atoms with Gasteiger partial charge >= 0.3 is 0 Å². The van der Waals surface area contributed by atoms with Gasteiger partial charge in [0, 0.05) is 13.6 Å². The number of carbonyl (C=O) groups excluding carboxylic acids is 1. The molecule has 1 fully saturated rings. The quantitative estimate of drug-likeness (QED) is 0.741. The first-order valence-corrected chi connectivity index (χ1v) is 6.23. The fraction of sp³-hybridized carbons (Fsp3) is 0.545. The van der Waals surface area contributed by atoms with Gasteiger partial charge in [0.15, 0.2) is 0 Å². The molecule has 0 aromatic carbocycles. The lowest BCUT2D eigenvalue weighted by atomic mass is 10.2. The third-order valence-corrected chi connectivity index (χ3v) is 3.50. The van der Waals surface area contributed by atoms with Gasteiger partial charge in [0.05, 0.1) is 11.3 Å². The second kappa shape index (κ2) is 4.56. The zero-order chi connectivity index (χ0) is 13.4. The molecule has 1 aliphatic heterocycles. The highest BCUT2D eigenvalue weighted by atomic mass is 32.1. The first-order valence-electron chi connectivity index (χ1n) is 5.82. The summed E-state index contributed by atoms with van der Waals surface area (Å²) in [7, 11) is 1.82. The number of aryl methyl sites for hydroxylation is 2. The minimum absolute atomic E-state index is 0.297. The molecule has 98 valence electrons. The molecule has 1 saturated heterocycles. The molecule has 2 heterocycles. The highest BCUT2D eigenvalue weighted by Gasteiger charge is 2.33. The maximum atomic E-state index is 11.5. The molecule has 0 radical (unpaired) electrons. The van der Waals surface area contributed by atoms with E-state index >= 15 is 0 Å². The van der Waals surface area contributed by atoms with E-state index in [9.17, 15) is 4.79 Å². The van der Waals surface area contributed by atoms with Crippen molar-refractivity contribution < 1.29 is 4.79 Å². The summed E-state index contributed by atoms with van der Waals surface area (Å²) in [6, 6.07) is -0.298. The fourth-order valence-electron chi connectivity index (χ4n) is 2.58. The third kappa shape index (κ3) is 1.94. The molecular weight excluding hydrogens is 250 g/mol. The monoisotopic (exact) mass is 267 g/mol. The highest BCUT2D eigenvalue weighted by Crippen LogP contribution is 2.30. The second-order valence-corrected chi connectivity index (χ2v) is 4.97. The van der Waals surface area contributed by atoms with Gasteiger partial charge in [0.25, 0.3) is 0 Å². The Kier molecular flexibility index (Phi) is 3.25. The standard InChI is InChI=1S/C11H17N5OS/c1-6-8(10(13)18)11(15(2)14-6)16-5-3-4-7(16)9(12)17/h7H,3-5H2,1-2H3,(H2,12,17)(H2,13,18). The summed E-state index contributed by atoms with van der Waals surface area (Å²) >= 11 is 5.07. The largest absolute Gasteiger partial charge is 0.389 e. The van der Waals surface area contributed by atoms with Gasteiger partial charge in [-0.1, -0.05) is 12.2 Å². The molecule has 18 heavy (non-hydrogen) atoms. The Hall–Kier alpha value is -1.63. The minimum atomic E-state index is -0.319. The third-order valence-electron chi connectivity index (χ3n) is 3.29. The Bertz CT molecular complexity index is 510. The predicted molar refractivity (Wildman–Crippen MR) is 73.4 cm³/mol. The summed E-state index contributed by atoms with van der Waals surface area (Å²) in [6.45, 7) is 2.62. The fourth-order valence-corrected chi connectivity index (χ4v) is 2.82. The lowest BCUT2D eigenvalue weighted by Gasteiger charge is -2.25. The Morgan fingerprint density at radius 1 is 1.50 bits per heavy atom. The number of anilines is 1. The van der Waals surface area contributed by atoms with Gasteiger partial charge in [-0.05, 0) is 19.8 Å². The molecule has 0 spiro atoms. The average Bonchev–Trinajstić information content (AvgIpc) is 2.81. The number of nitrogens with zero attached hydrogens (tertiary/aromatic N) is 3. The van der Waals surface area contributed by atoms with Crippen LogP contribution in [-0.4, -0.2) is 33.3 Å². The summed E-state index contributed by atoms with van der Waals surface area (Å²) in [5.41, 5.74) is 12.7. The first-order chi connectivity index (χ1) is 8.43. The average molecular weight is 267 g/mol. The van der Waals surface area contributed by atoms with E-state index in [1.165, 1.54) is 0 Å². The molecule has 1 atom stereocenters.